The molecule has 1 amide bonds. The summed E-state index contributed by atoms with van der Waals surface area (Å²) in [5.41, 5.74) is 0.885. The predicted octanol–water partition coefficient (Wildman–Crippen LogP) is 3.32. The maximum absolute atomic E-state index is 12.5. The van der Waals surface area contributed by atoms with Crippen molar-refractivity contribution in [1.29, 1.82) is 0 Å². The fourth-order valence-electron chi connectivity index (χ4n) is 3.12. The van der Waals surface area contributed by atoms with Crippen molar-refractivity contribution in [3.8, 4) is 0 Å². The fraction of sp³-hybridized carbons (Fsp3) is 0.562. The van der Waals surface area contributed by atoms with E-state index in [1.807, 2.05) is 6.92 Å². The van der Waals surface area contributed by atoms with Crippen LogP contribution in [0.5, 0.6) is 0 Å². The minimum absolute atomic E-state index is 0.0112. The molecule has 0 aliphatic heterocycles. The average Bonchev–Trinajstić information content (AvgIpc) is 2.41. The number of hydrogen-bond acceptors (Lipinski definition) is 2. The highest BCUT2D eigenvalue weighted by Gasteiger charge is 2.36. The molecule has 2 unspecified atom stereocenters. The molecule has 4 heteroatoms. The van der Waals surface area contributed by atoms with Crippen LogP contribution >= 0.6 is 11.6 Å². The standard InChI is InChI=1S/C16H22ClNO2/c1-11-5-4-8-16(9-11,10-19)18-15(20)13-6-3-7-14(17)12(13)2/h3,6-7,11,19H,4-5,8-10H2,1-2H3,(H,18,20). The Labute approximate surface area is 125 Å². The highest BCUT2D eigenvalue weighted by atomic mass is 35.5. The lowest BCUT2D eigenvalue weighted by atomic mass is 9.76. The van der Waals surface area contributed by atoms with Gasteiger partial charge in [-0.3, -0.25) is 4.79 Å². The van der Waals surface area contributed by atoms with Crippen LogP contribution in [-0.2, 0) is 0 Å². The maximum atomic E-state index is 12.5. The molecule has 2 rings (SSSR count). The van der Waals surface area contributed by atoms with Gasteiger partial charge in [0.2, 0.25) is 0 Å². The Balaban J connectivity index is 2.19. The zero-order valence-corrected chi connectivity index (χ0v) is 12.8. The van der Waals surface area contributed by atoms with Crippen LogP contribution in [-0.4, -0.2) is 23.2 Å². The summed E-state index contributed by atoms with van der Waals surface area (Å²) in [7, 11) is 0. The Morgan fingerprint density at radius 2 is 2.30 bits per heavy atom. The van der Waals surface area contributed by atoms with Gasteiger partial charge >= 0.3 is 0 Å². The van der Waals surface area contributed by atoms with E-state index >= 15 is 0 Å². The number of carbonyl (C=O) groups excluding carboxylic acids is 1. The number of hydrogen-bond donors (Lipinski definition) is 2. The number of aliphatic hydroxyl groups is 1. The number of nitrogens with one attached hydrogen (secondary N) is 1. The predicted molar refractivity (Wildman–Crippen MR) is 81.1 cm³/mol. The van der Waals surface area contributed by atoms with Crippen molar-refractivity contribution in [2.75, 3.05) is 6.61 Å². The molecule has 0 aromatic heterocycles. The van der Waals surface area contributed by atoms with E-state index in [-0.39, 0.29) is 12.5 Å². The third-order valence-electron chi connectivity index (χ3n) is 4.29. The lowest BCUT2D eigenvalue weighted by Crippen LogP contribution is -2.54. The van der Waals surface area contributed by atoms with E-state index in [2.05, 4.69) is 12.2 Å². The molecule has 20 heavy (non-hydrogen) atoms. The molecule has 1 aromatic rings. The van der Waals surface area contributed by atoms with Gasteiger partial charge in [-0.15, -0.1) is 0 Å². The first-order valence-electron chi connectivity index (χ1n) is 7.16. The van der Waals surface area contributed by atoms with Crippen molar-refractivity contribution in [3.63, 3.8) is 0 Å². The summed E-state index contributed by atoms with van der Waals surface area (Å²) in [5, 5.41) is 13.4. The van der Waals surface area contributed by atoms with Crippen molar-refractivity contribution in [1.82, 2.24) is 5.32 Å². The van der Waals surface area contributed by atoms with Gasteiger partial charge in [0, 0.05) is 10.6 Å². The third-order valence-corrected chi connectivity index (χ3v) is 4.69. The van der Waals surface area contributed by atoms with Gasteiger partial charge in [0.1, 0.15) is 0 Å². The molecule has 3 nitrogen and oxygen atoms in total. The molecule has 0 radical (unpaired) electrons. The smallest absolute Gasteiger partial charge is 0.252 e. The van der Waals surface area contributed by atoms with Crippen LogP contribution < -0.4 is 5.32 Å². The molecule has 110 valence electrons. The van der Waals surface area contributed by atoms with Gasteiger partial charge in [0.25, 0.3) is 5.91 Å². The van der Waals surface area contributed by atoms with E-state index in [4.69, 9.17) is 11.6 Å². The molecule has 1 aliphatic rings. The summed E-state index contributed by atoms with van der Waals surface area (Å²) in [4.78, 5) is 12.5. The van der Waals surface area contributed by atoms with E-state index in [1.54, 1.807) is 18.2 Å². The monoisotopic (exact) mass is 295 g/mol. The molecule has 2 atom stereocenters. The largest absolute Gasteiger partial charge is 0.394 e. The van der Waals surface area contributed by atoms with Crippen LogP contribution in [0.15, 0.2) is 18.2 Å². The summed E-state index contributed by atoms with van der Waals surface area (Å²) in [6.07, 6.45) is 3.86. The second-order valence-electron chi connectivity index (χ2n) is 6.01. The Morgan fingerprint density at radius 3 is 2.95 bits per heavy atom. The normalized spacial score (nSPS) is 26.3. The summed E-state index contributed by atoms with van der Waals surface area (Å²) in [6.45, 7) is 4.00. The van der Waals surface area contributed by atoms with Gasteiger partial charge in [-0.2, -0.15) is 0 Å². The average molecular weight is 296 g/mol. The van der Waals surface area contributed by atoms with Crippen LogP contribution in [0.4, 0.5) is 0 Å². The third kappa shape index (κ3) is 3.15. The number of halogens is 1. The zero-order chi connectivity index (χ0) is 14.8. The van der Waals surface area contributed by atoms with Gasteiger partial charge in [-0.05, 0) is 43.4 Å². The minimum Gasteiger partial charge on any atom is -0.394 e. The Bertz CT molecular complexity index is 503. The lowest BCUT2D eigenvalue weighted by Gasteiger charge is -2.39. The van der Waals surface area contributed by atoms with Crippen molar-refractivity contribution in [2.24, 2.45) is 5.92 Å². The van der Waals surface area contributed by atoms with Gasteiger partial charge in [-0.25, -0.2) is 0 Å². The number of carbonyl (C=O) groups is 1. The molecule has 0 spiro atoms. The minimum atomic E-state index is -0.483. The molecule has 0 saturated heterocycles. The highest BCUT2D eigenvalue weighted by molar-refractivity contribution is 6.31. The molecule has 2 N–H and O–H groups in total. The molecule has 1 saturated carbocycles. The van der Waals surface area contributed by atoms with E-state index in [0.29, 0.717) is 16.5 Å². The van der Waals surface area contributed by atoms with Crippen molar-refractivity contribution >= 4 is 17.5 Å². The number of amides is 1. The first-order valence-corrected chi connectivity index (χ1v) is 7.54. The topological polar surface area (TPSA) is 49.3 Å². The van der Waals surface area contributed by atoms with Crippen molar-refractivity contribution in [2.45, 2.75) is 45.1 Å². The molecular weight excluding hydrogens is 274 g/mol. The van der Waals surface area contributed by atoms with Crippen LogP contribution in [0, 0.1) is 12.8 Å². The van der Waals surface area contributed by atoms with Crippen LogP contribution in [0.25, 0.3) is 0 Å². The highest BCUT2D eigenvalue weighted by Crippen LogP contribution is 2.32. The van der Waals surface area contributed by atoms with E-state index in [0.717, 1.165) is 31.2 Å². The molecule has 0 heterocycles. The molecule has 1 aromatic carbocycles. The van der Waals surface area contributed by atoms with Crippen LogP contribution in [0.3, 0.4) is 0 Å². The van der Waals surface area contributed by atoms with Crippen molar-refractivity contribution < 1.29 is 9.90 Å². The molecule has 1 aliphatic carbocycles. The maximum Gasteiger partial charge on any atom is 0.252 e. The SMILES string of the molecule is Cc1c(Cl)cccc1C(=O)NC1(CO)CCCC(C)C1. The summed E-state index contributed by atoms with van der Waals surface area (Å²) in [5.74, 6) is 0.379. The second-order valence-corrected chi connectivity index (χ2v) is 6.41. The number of benzene rings is 1. The quantitative estimate of drug-likeness (QED) is 0.899. The molecular formula is C16H22ClNO2. The number of rotatable bonds is 3. The van der Waals surface area contributed by atoms with Gasteiger partial charge in [0.15, 0.2) is 0 Å². The summed E-state index contributed by atoms with van der Waals surface area (Å²) in [6, 6.07) is 5.32. The second kappa shape index (κ2) is 6.15. The van der Waals surface area contributed by atoms with E-state index in [1.165, 1.54) is 0 Å². The Kier molecular flexibility index (Phi) is 4.71. The van der Waals surface area contributed by atoms with Gasteiger partial charge < -0.3 is 10.4 Å². The molecule has 0 bridgehead atoms. The van der Waals surface area contributed by atoms with E-state index < -0.39 is 5.54 Å². The molecule has 1 fully saturated rings. The lowest BCUT2D eigenvalue weighted by molar-refractivity contribution is 0.0696. The van der Waals surface area contributed by atoms with Crippen LogP contribution in [0.1, 0.15) is 48.5 Å². The first kappa shape index (κ1) is 15.3. The zero-order valence-electron chi connectivity index (χ0n) is 12.1. The summed E-state index contributed by atoms with van der Waals surface area (Å²) >= 11 is 6.06. The van der Waals surface area contributed by atoms with E-state index in [9.17, 15) is 9.90 Å². The number of aliphatic hydroxyl groups excluding tert-OH is 1. The fourth-order valence-corrected chi connectivity index (χ4v) is 3.29. The van der Waals surface area contributed by atoms with Gasteiger partial charge in [0.05, 0.1) is 12.1 Å². The summed E-state index contributed by atoms with van der Waals surface area (Å²) < 4.78 is 0. The van der Waals surface area contributed by atoms with Crippen LogP contribution in [0.2, 0.25) is 5.02 Å². The van der Waals surface area contributed by atoms with Gasteiger partial charge in [-0.1, -0.05) is 37.4 Å². The first-order chi connectivity index (χ1) is 9.47. The van der Waals surface area contributed by atoms with Crippen molar-refractivity contribution in [3.05, 3.63) is 34.3 Å². The Morgan fingerprint density at radius 1 is 1.55 bits per heavy atom. The Hall–Kier alpha value is -1.06.